The Hall–Kier alpha value is -2.04. The fraction of sp³-hybridized carbons (Fsp3) is 0.273. The molecule has 16 heavy (non-hydrogen) atoms. The highest BCUT2D eigenvalue weighted by Crippen LogP contribution is 2.37. The zero-order valence-corrected chi connectivity index (χ0v) is 8.83. The van der Waals surface area contributed by atoms with Crippen LogP contribution in [-0.2, 0) is 12.8 Å². The maximum absolute atomic E-state index is 11.2. The van der Waals surface area contributed by atoms with Crippen molar-refractivity contribution < 1.29 is 9.21 Å². The van der Waals surface area contributed by atoms with E-state index in [9.17, 15) is 4.79 Å². The molecule has 5 nitrogen and oxygen atoms in total. The predicted octanol–water partition coefficient (Wildman–Crippen LogP) is 1.18. The first-order valence-corrected chi connectivity index (χ1v) is 5.13. The molecule has 3 rings (SSSR count). The van der Waals surface area contributed by atoms with E-state index in [1.54, 1.807) is 0 Å². The predicted molar refractivity (Wildman–Crippen MR) is 57.0 cm³/mol. The summed E-state index contributed by atoms with van der Waals surface area (Å²) in [7, 11) is 0. The van der Waals surface area contributed by atoms with E-state index in [0.717, 1.165) is 41.0 Å². The summed E-state index contributed by atoms with van der Waals surface area (Å²) in [6.07, 6.45) is 3.48. The van der Waals surface area contributed by atoms with Crippen LogP contribution in [0.4, 0.5) is 0 Å². The molecule has 0 aliphatic heterocycles. The molecule has 2 heterocycles. The van der Waals surface area contributed by atoms with Crippen molar-refractivity contribution in [3.05, 3.63) is 28.8 Å². The number of nitrogens with two attached hydrogens (primary N) is 1. The van der Waals surface area contributed by atoms with Crippen molar-refractivity contribution in [2.75, 3.05) is 0 Å². The second-order valence-electron chi connectivity index (χ2n) is 3.99. The van der Waals surface area contributed by atoms with Gasteiger partial charge in [-0.1, -0.05) is 0 Å². The lowest BCUT2D eigenvalue weighted by molar-refractivity contribution is 0.0971. The quantitative estimate of drug-likeness (QED) is 0.752. The van der Waals surface area contributed by atoms with Crippen LogP contribution >= 0.6 is 0 Å². The summed E-state index contributed by atoms with van der Waals surface area (Å²) < 4.78 is 5.50. The van der Waals surface area contributed by atoms with Crippen LogP contribution in [0.1, 0.15) is 27.4 Å². The Bertz CT molecular complexity index is 580. The van der Waals surface area contributed by atoms with Gasteiger partial charge in [0.05, 0.1) is 11.9 Å². The maximum atomic E-state index is 11.2. The number of nitrogens with zero attached hydrogens (tertiary/aromatic N) is 1. The van der Waals surface area contributed by atoms with E-state index < -0.39 is 5.91 Å². The molecule has 0 bridgehead atoms. The lowest BCUT2D eigenvalue weighted by Gasteiger charge is -2.09. The number of amides is 1. The van der Waals surface area contributed by atoms with Gasteiger partial charge in [-0.25, -0.2) is 0 Å². The number of aromatic nitrogens is 2. The summed E-state index contributed by atoms with van der Waals surface area (Å²) in [4.78, 5) is 11.2. The minimum atomic E-state index is -0.520. The van der Waals surface area contributed by atoms with E-state index in [2.05, 4.69) is 10.2 Å². The number of furan rings is 1. The van der Waals surface area contributed by atoms with Gasteiger partial charge in [0.15, 0.2) is 5.76 Å². The van der Waals surface area contributed by atoms with Gasteiger partial charge in [0.2, 0.25) is 0 Å². The number of carbonyl (C=O) groups is 1. The summed E-state index contributed by atoms with van der Waals surface area (Å²) in [6.45, 7) is 1.85. The molecule has 82 valence electrons. The summed E-state index contributed by atoms with van der Waals surface area (Å²) in [5.74, 6) is 0.559. The number of aryl methyl sites for hydroxylation is 2. The molecule has 2 aromatic heterocycles. The van der Waals surface area contributed by atoms with E-state index in [4.69, 9.17) is 10.2 Å². The Morgan fingerprint density at radius 2 is 2.38 bits per heavy atom. The van der Waals surface area contributed by atoms with Gasteiger partial charge in [-0.2, -0.15) is 5.10 Å². The van der Waals surface area contributed by atoms with Gasteiger partial charge < -0.3 is 10.2 Å². The van der Waals surface area contributed by atoms with Gasteiger partial charge in [-0.15, -0.1) is 0 Å². The molecule has 1 amide bonds. The van der Waals surface area contributed by atoms with Crippen LogP contribution in [0.2, 0.25) is 0 Å². The first kappa shape index (κ1) is 9.21. The molecule has 0 spiro atoms. The fourth-order valence-electron chi connectivity index (χ4n) is 2.28. The van der Waals surface area contributed by atoms with Crippen LogP contribution in [0.25, 0.3) is 11.3 Å². The topological polar surface area (TPSA) is 84.9 Å². The highest BCUT2D eigenvalue weighted by Gasteiger charge is 2.27. The molecule has 1 aliphatic carbocycles. The van der Waals surface area contributed by atoms with E-state index >= 15 is 0 Å². The van der Waals surface area contributed by atoms with Crippen molar-refractivity contribution in [1.82, 2.24) is 10.2 Å². The number of carbonyl (C=O) groups excluding carboxylic acids is 1. The van der Waals surface area contributed by atoms with E-state index in [1.807, 2.05) is 13.1 Å². The van der Waals surface area contributed by atoms with Gasteiger partial charge in [0.25, 0.3) is 5.91 Å². The molecule has 0 saturated carbocycles. The number of nitrogens with one attached hydrogen (secondary N) is 1. The molecule has 1 aliphatic rings. The number of H-pyrrole nitrogens is 1. The van der Waals surface area contributed by atoms with Crippen LogP contribution in [0.3, 0.4) is 0 Å². The highest BCUT2D eigenvalue weighted by molar-refractivity contribution is 5.94. The lowest BCUT2D eigenvalue weighted by Crippen LogP contribution is -2.10. The van der Waals surface area contributed by atoms with Gasteiger partial charge in [-0.05, 0) is 18.9 Å². The van der Waals surface area contributed by atoms with Crippen molar-refractivity contribution in [1.29, 1.82) is 0 Å². The maximum Gasteiger partial charge on any atom is 0.284 e. The van der Waals surface area contributed by atoms with Crippen molar-refractivity contribution >= 4 is 5.91 Å². The summed E-state index contributed by atoms with van der Waals surface area (Å²) in [6, 6.07) is 0. The van der Waals surface area contributed by atoms with Gasteiger partial charge in [-0.3, -0.25) is 9.89 Å². The summed E-state index contributed by atoms with van der Waals surface area (Å²) >= 11 is 0. The van der Waals surface area contributed by atoms with Crippen molar-refractivity contribution in [2.24, 2.45) is 5.73 Å². The Morgan fingerprint density at radius 1 is 1.56 bits per heavy atom. The smallest absolute Gasteiger partial charge is 0.284 e. The molecule has 0 atom stereocenters. The molecule has 0 saturated heterocycles. The second kappa shape index (κ2) is 2.98. The molecular formula is C11H11N3O2. The highest BCUT2D eigenvalue weighted by atomic mass is 16.4. The average molecular weight is 217 g/mol. The van der Waals surface area contributed by atoms with Gasteiger partial charge in [0.1, 0.15) is 5.76 Å². The summed E-state index contributed by atoms with van der Waals surface area (Å²) in [5.41, 5.74) is 9.13. The van der Waals surface area contributed by atoms with E-state index in [-0.39, 0.29) is 5.76 Å². The molecule has 0 fully saturated rings. The SMILES string of the molecule is Cc1c(C(N)=O)oc2c1-c1[nH]ncc1CC2. The Morgan fingerprint density at radius 3 is 3.12 bits per heavy atom. The number of hydrogen-bond donors (Lipinski definition) is 2. The Balaban J connectivity index is 2.28. The van der Waals surface area contributed by atoms with E-state index in [0.29, 0.717) is 0 Å². The second-order valence-corrected chi connectivity index (χ2v) is 3.99. The van der Waals surface area contributed by atoms with Crippen LogP contribution < -0.4 is 5.73 Å². The number of rotatable bonds is 1. The minimum Gasteiger partial charge on any atom is -0.455 e. The zero-order chi connectivity index (χ0) is 11.3. The van der Waals surface area contributed by atoms with Gasteiger partial charge >= 0.3 is 0 Å². The Kier molecular flexibility index (Phi) is 1.71. The number of hydrogen-bond acceptors (Lipinski definition) is 3. The van der Waals surface area contributed by atoms with Crippen LogP contribution in [-0.4, -0.2) is 16.1 Å². The van der Waals surface area contributed by atoms with Crippen molar-refractivity contribution in [2.45, 2.75) is 19.8 Å². The third-order valence-electron chi connectivity index (χ3n) is 3.03. The first-order valence-electron chi connectivity index (χ1n) is 5.13. The zero-order valence-electron chi connectivity index (χ0n) is 8.83. The normalized spacial score (nSPS) is 13.3. The van der Waals surface area contributed by atoms with Crippen LogP contribution in [0.5, 0.6) is 0 Å². The van der Waals surface area contributed by atoms with Crippen LogP contribution in [0, 0.1) is 6.92 Å². The molecule has 5 heteroatoms. The standard InChI is InChI=1S/C11H11N3O2/c1-5-8-7(16-10(5)11(12)15)3-2-6-4-13-14-9(6)8/h4H,2-3H2,1H3,(H2,12,15)(H,13,14). The third-order valence-corrected chi connectivity index (χ3v) is 3.03. The number of aromatic amines is 1. The Labute approximate surface area is 91.6 Å². The number of primary amides is 1. The van der Waals surface area contributed by atoms with Gasteiger partial charge in [0, 0.05) is 17.5 Å². The minimum absolute atomic E-state index is 0.257. The fourth-order valence-corrected chi connectivity index (χ4v) is 2.28. The largest absolute Gasteiger partial charge is 0.455 e. The van der Waals surface area contributed by atoms with Crippen molar-refractivity contribution in [3.63, 3.8) is 0 Å². The molecular weight excluding hydrogens is 206 g/mol. The molecule has 0 aromatic carbocycles. The van der Waals surface area contributed by atoms with E-state index in [1.165, 1.54) is 0 Å². The molecule has 3 N–H and O–H groups in total. The average Bonchev–Trinajstić information content (AvgIpc) is 2.81. The molecule has 0 unspecified atom stereocenters. The third kappa shape index (κ3) is 1.05. The first-order chi connectivity index (χ1) is 7.68. The lowest BCUT2D eigenvalue weighted by atomic mass is 9.94. The van der Waals surface area contributed by atoms with Crippen molar-refractivity contribution in [3.8, 4) is 11.3 Å². The number of fused-ring (bicyclic) bond motifs is 3. The summed E-state index contributed by atoms with van der Waals surface area (Å²) in [5, 5.41) is 6.96. The monoisotopic (exact) mass is 217 g/mol. The van der Waals surface area contributed by atoms with Crippen LogP contribution in [0.15, 0.2) is 10.6 Å². The molecule has 2 aromatic rings. The molecule has 0 radical (unpaired) electrons.